The minimum atomic E-state index is -0.657. The smallest absolute Gasteiger partial charge is 0.330 e. The summed E-state index contributed by atoms with van der Waals surface area (Å²) in [5.74, 6) is -0.627. The van der Waals surface area contributed by atoms with Crippen molar-refractivity contribution >= 4 is 58.6 Å². The Kier molecular flexibility index (Phi) is 5.13. The molecule has 0 radical (unpaired) electrons. The lowest BCUT2D eigenvalue weighted by molar-refractivity contribution is -0.155. The van der Waals surface area contributed by atoms with Crippen molar-refractivity contribution in [3.8, 4) is 0 Å². The first kappa shape index (κ1) is 18.3. The quantitative estimate of drug-likeness (QED) is 0.775. The molecule has 0 aliphatic carbocycles. The van der Waals surface area contributed by atoms with Gasteiger partial charge < -0.3 is 15.0 Å². The average molecular weight is 404 g/mol. The van der Waals surface area contributed by atoms with Crippen LogP contribution in [0.4, 0.5) is 5.82 Å². The second kappa shape index (κ2) is 7.01. The molecule has 2 saturated heterocycles. The molecule has 0 aromatic carbocycles. The van der Waals surface area contributed by atoms with Gasteiger partial charge in [0, 0.05) is 18.4 Å². The molecule has 3 rings (SSSR count). The largest absolute Gasteiger partial charge is 0.454 e. The third-order valence-electron chi connectivity index (χ3n) is 4.13. The molecule has 0 saturated carbocycles. The summed E-state index contributed by atoms with van der Waals surface area (Å²) in [6.45, 7) is 1.45. The van der Waals surface area contributed by atoms with Crippen molar-refractivity contribution in [2.24, 2.45) is 0 Å². The highest BCUT2D eigenvalue weighted by Gasteiger charge is 2.53. The zero-order chi connectivity index (χ0) is 18.2. The first-order chi connectivity index (χ1) is 11.8. The molecular weight excluding hydrogens is 389 g/mol. The van der Waals surface area contributed by atoms with Gasteiger partial charge in [-0.1, -0.05) is 23.2 Å². The standard InChI is InChI=1S/C15H15Cl2N3O4S/c1-15-3-2-12(22)20(15)10(7-25-15)14(23)24-6-11(21)19-13-9(17)4-8(16)5-18-13/h4-5,10H,2-3,6-7H2,1H3,(H,18,19,21)/t10-,15-/m1/s1. The van der Waals surface area contributed by atoms with Crippen molar-refractivity contribution in [2.45, 2.75) is 30.7 Å². The number of hydrogen-bond donors (Lipinski definition) is 1. The lowest BCUT2D eigenvalue weighted by Gasteiger charge is -2.29. The van der Waals surface area contributed by atoms with Gasteiger partial charge in [0.1, 0.15) is 6.04 Å². The highest BCUT2D eigenvalue weighted by Crippen LogP contribution is 2.47. The zero-order valence-electron chi connectivity index (χ0n) is 13.3. The molecule has 1 N–H and O–H groups in total. The number of esters is 1. The molecule has 10 heteroatoms. The molecule has 25 heavy (non-hydrogen) atoms. The monoisotopic (exact) mass is 403 g/mol. The summed E-state index contributed by atoms with van der Waals surface area (Å²) in [5.41, 5.74) is 0. The number of carbonyl (C=O) groups is 3. The maximum atomic E-state index is 12.3. The van der Waals surface area contributed by atoms with Gasteiger partial charge in [-0.25, -0.2) is 9.78 Å². The van der Waals surface area contributed by atoms with E-state index in [0.29, 0.717) is 23.6 Å². The number of aromatic nitrogens is 1. The lowest BCUT2D eigenvalue weighted by Crippen LogP contribution is -2.47. The van der Waals surface area contributed by atoms with E-state index in [4.69, 9.17) is 27.9 Å². The van der Waals surface area contributed by atoms with Gasteiger partial charge >= 0.3 is 5.97 Å². The van der Waals surface area contributed by atoms with Crippen LogP contribution >= 0.6 is 35.0 Å². The fourth-order valence-corrected chi connectivity index (χ4v) is 4.75. The molecule has 2 aliphatic rings. The lowest BCUT2D eigenvalue weighted by atomic mass is 10.2. The number of fused-ring (bicyclic) bond motifs is 1. The van der Waals surface area contributed by atoms with E-state index in [1.807, 2.05) is 6.92 Å². The molecule has 0 bridgehead atoms. The molecular formula is C15H15Cl2N3O4S. The third-order valence-corrected chi connectivity index (χ3v) is 6.13. The van der Waals surface area contributed by atoms with Crippen LogP contribution < -0.4 is 5.32 Å². The number of rotatable bonds is 4. The van der Waals surface area contributed by atoms with Crippen molar-refractivity contribution in [2.75, 3.05) is 17.7 Å². The van der Waals surface area contributed by atoms with Gasteiger partial charge in [-0.05, 0) is 19.4 Å². The Morgan fingerprint density at radius 2 is 2.28 bits per heavy atom. The molecule has 2 aliphatic heterocycles. The van der Waals surface area contributed by atoms with E-state index >= 15 is 0 Å². The van der Waals surface area contributed by atoms with Crippen molar-refractivity contribution in [3.05, 3.63) is 22.3 Å². The number of halogens is 2. The Labute approximate surface area is 158 Å². The first-order valence-corrected chi connectivity index (χ1v) is 9.28. The molecule has 2 fully saturated rings. The van der Waals surface area contributed by atoms with Crippen LogP contribution in [0.5, 0.6) is 0 Å². The Morgan fingerprint density at radius 3 is 3.00 bits per heavy atom. The fraction of sp³-hybridized carbons (Fsp3) is 0.467. The van der Waals surface area contributed by atoms with Gasteiger partial charge in [-0.15, -0.1) is 11.8 Å². The van der Waals surface area contributed by atoms with E-state index in [1.54, 1.807) is 16.7 Å². The number of hydrogen-bond acceptors (Lipinski definition) is 6. The molecule has 3 heterocycles. The summed E-state index contributed by atoms with van der Waals surface area (Å²) in [4.78, 5) is 41.3. The molecule has 1 aromatic rings. The summed E-state index contributed by atoms with van der Waals surface area (Å²) in [7, 11) is 0. The van der Waals surface area contributed by atoms with Crippen molar-refractivity contribution in [1.82, 2.24) is 9.88 Å². The Morgan fingerprint density at radius 1 is 1.52 bits per heavy atom. The molecule has 2 amide bonds. The predicted molar refractivity (Wildman–Crippen MR) is 94.6 cm³/mol. The highest BCUT2D eigenvalue weighted by molar-refractivity contribution is 8.01. The molecule has 0 unspecified atom stereocenters. The van der Waals surface area contributed by atoms with Crippen LogP contribution in [0, 0.1) is 0 Å². The zero-order valence-corrected chi connectivity index (χ0v) is 15.6. The number of carbonyl (C=O) groups excluding carboxylic acids is 3. The van der Waals surface area contributed by atoms with Crippen LogP contribution in [0.2, 0.25) is 10.0 Å². The third kappa shape index (κ3) is 3.70. The highest BCUT2D eigenvalue weighted by atomic mass is 35.5. The van der Waals surface area contributed by atoms with Gasteiger partial charge in [0.25, 0.3) is 5.91 Å². The van der Waals surface area contributed by atoms with Crippen LogP contribution in [0.25, 0.3) is 0 Å². The van der Waals surface area contributed by atoms with Crippen molar-refractivity contribution in [3.63, 3.8) is 0 Å². The SMILES string of the molecule is C[C@@]12CCC(=O)N1[C@@H](C(=O)OCC(=O)Nc1ncc(Cl)cc1Cl)CS2. The number of amides is 2. The number of pyridine rings is 1. The number of nitrogens with one attached hydrogen (secondary N) is 1. The van der Waals surface area contributed by atoms with Crippen LogP contribution in [0.3, 0.4) is 0 Å². The summed E-state index contributed by atoms with van der Waals surface area (Å²) in [6, 6.07) is 0.780. The number of nitrogens with zero attached hydrogens (tertiary/aromatic N) is 2. The molecule has 1 aromatic heterocycles. The number of anilines is 1. The molecule has 7 nitrogen and oxygen atoms in total. The van der Waals surface area contributed by atoms with Gasteiger partial charge in [-0.3, -0.25) is 9.59 Å². The van der Waals surface area contributed by atoms with Crippen LogP contribution in [-0.4, -0.2) is 50.9 Å². The fourth-order valence-electron chi connectivity index (χ4n) is 2.90. The maximum Gasteiger partial charge on any atom is 0.330 e. The predicted octanol–water partition coefficient (Wildman–Crippen LogP) is 2.32. The summed E-state index contributed by atoms with van der Waals surface area (Å²) >= 11 is 13.2. The van der Waals surface area contributed by atoms with Gasteiger partial charge in [0.05, 0.1) is 14.9 Å². The Bertz CT molecular complexity index is 747. The van der Waals surface area contributed by atoms with E-state index in [2.05, 4.69) is 10.3 Å². The van der Waals surface area contributed by atoms with Crippen LogP contribution in [0.15, 0.2) is 12.3 Å². The van der Waals surface area contributed by atoms with Crippen molar-refractivity contribution < 1.29 is 19.1 Å². The molecule has 0 spiro atoms. The Hall–Kier alpha value is -1.51. The van der Waals surface area contributed by atoms with Gasteiger partial charge in [0.2, 0.25) is 5.91 Å². The second-order valence-electron chi connectivity index (χ2n) is 5.91. The second-order valence-corrected chi connectivity index (χ2v) is 8.25. The summed E-state index contributed by atoms with van der Waals surface area (Å²) in [5, 5.41) is 2.96. The number of ether oxygens (including phenoxy) is 1. The summed E-state index contributed by atoms with van der Waals surface area (Å²) < 4.78 is 5.07. The topological polar surface area (TPSA) is 88.6 Å². The number of thioether (sulfide) groups is 1. The van der Waals surface area contributed by atoms with Gasteiger partial charge in [0.15, 0.2) is 12.4 Å². The van der Waals surface area contributed by atoms with E-state index in [9.17, 15) is 14.4 Å². The average Bonchev–Trinajstić information content (AvgIpc) is 3.04. The first-order valence-electron chi connectivity index (χ1n) is 7.54. The minimum Gasteiger partial charge on any atom is -0.454 e. The normalized spacial score (nSPS) is 25.0. The molecule has 134 valence electrons. The van der Waals surface area contributed by atoms with Crippen LogP contribution in [-0.2, 0) is 19.1 Å². The van der Waals surface area contributed by atoms with E-state index in [-0.39, 0.29) is 21.6 Å². The molecule has 2 atom stereocenters. The van der Waals surface area contributed by atoms with Gasteiger partial charge in [-0.2, -0.15) is 0 Å². The minimum absolute atomic E-state index is 0.0592. The summed E-state index contributed by atoms with van der Waals surface area (Å²) in [6.07, 6.45) is 2.47. The van der Waals surface area contributed by atoms with Crippen molar-refractivity contribution in [1.29, 1.82) is 0 Å². The van der Waals surface area contributed by atoms with E-state index in [0.717, 1.165) is 0 Å². The Balaban J connectivity index is 1.55. The maximum absolute atomic E-state index is 12.3. The van der Waals surface area contributed by atoms with E-state index in [1.165, 1.54) is 12.3 Å². The van der Waals surface area contributed by atoms with E-state index < -0.39 is 24.5 Å². The van der Waals surface area contributed by atoms with Crippen LogP contribution in [0.1, 0.15) is 19.8 Å².